The van der Waals surface area contributed by atoms with Gasteiger partial charge in [0.25, 0.3) is 5.91 Å². The van der Waals surface area contributed by atoms with Gasteiger partial charge in [-0.25, -0.2) is 13.9 Å². The van der Waals surface area contributed by atoms with Crippen LogP contribution in [0.3, 0.4) is 0 Å². The first-order chi connectivity index (χ1) is 14.5. The van der Waals surface area contributed by atoms with Crippen LogP contribution >= 0.6 is 12.4 Å². The first-order valence-electron chi connectivity index (χ1n) is 9.97. The van der Waals surface area contributed by atoms with Gasteiger partial charge in [0.05, 0.1) is 24.2 Å². The molecule has 0 unspecified atom stereocenters. The standard InChI is InChI=1S/C21H27N3O5S.ClH/c1-29-18-10-12-19(13-11-18)30(27,28)24(15-17-9-5-6-14-22-17)20(21(25)23-26)16-7-3-2-4-8-16;/h5-6,9-14,16,20,26H,2-4,7-8,15H2,1H3,(H,23,25);1H/t20-;/m1./s1. The molecule has 1 aliphatic carbocycles. The SMILES string of the molecule is COc1ccc(S(=O)(=O)N(Cc2ccccn2)[C@@H](C(=O)NO)C2CCCCC2)cc1.Cl. The van der Waals surface area contributed by atoms with Gasteiger partial charge in [-0.15, -0.1) is 12.4 Å². The molecule has 1 aromatic heterocycles. The molecule has 10 heteroatoms. The van der Waals surface area contributed by atoms with Gasteiger partial charge in [-0.3, -0.25) is 15.0 Å². The number of carbonyl (C=O) groups excluding carboxylic acids is 1. The molecule has 8 nitrogen and oxygen atoms in total. The molecule has 170 valence electrons. The Morgan fingerprint density at radius 3 is 2.42 bits per heavy atom. The van der Waals surface area contributed by atoms with E-state index in [2.05, 4.69) is 4.98 Å². The minimum absolute atomic E-state index is 0. The summed E-state index contributed by atoms with van der Waals surface area (Å²) in [6, 6.07) is 10.2. The van der Waals surface area contributed by atoms with E-state index in [1.54, 1.807) is 42.0 Å². The number of amides is 1. The Morgan fingerprint density at radius 1 is 1.19 bits per heavy atom. The first kappa shape index (κ1) is 25.1. The Kier molecular flexibility index (Phi) is 9.24. The van der Waals surface area contributed by atoms with Crippen LogP contribution in [-0.2, 0) is 21.4 Å². The minimum atomic E-state index is -4.06. The third-order valence-electron chi connectivity index (χ3n) is 5.50. The van der Waals surface area contributed by atoms with E-state index in [1.807, 2.05) is 0 Å². The number of carbonyl (C=O) groups is 1. The Morgan fingerprint density at radius 2 is 1.87 bits per heavy atom. The summed E-state index contributed by atoms with van der Waals surface area (Å²) in [4.78, 5) is 17.0. The largest absolute Gasteiger partial charge is 0.497 e. The summed E-state index contributed by atoms with van der Waals surface area (Å²) < 4.78 is 33.6. The maximum atomic E-state index is 13.6. The molecular formula is C21H28ClN3O5S. The second kappa shape index (κ2) is 11.4. The predicted molar refractivity (Wildman–Crippen MR) is 118 cm³/mol. The molecule has 0 spiro atoms. The molecule has 0 bridgehead atoms. The fraction of sp³-hybridized carbons (Fsp3) is 0.429. The van der Waals surface area contributed by atoms with Gasteiger partial charge < -0.3 is 4.74 Å². The summed E-state index contributed by atoms with van der Waals surface area (Å²) >= 11 is 0. The highest BCUT2D eigenvalue weighted by Gasteiger charge is 2.41. The number of pyridine rings is 1. The molecule has 1 heterocycles. The second-order valence-electron chi connectivity index (χ2n) is 7.37. The van der Waals surface area contributed by atoms with E-state index in [1.165, 1.54) is 23.5 Å². The molecular weight excluding hydrogens is 442 g/mol. The van der Waals surface area contributed by atoms with E-state index < -0.39 is 22.0 Å². The van der Waals surface area contributed by atoms with Crippen LogP contribution in [0.5, 0.6) is 5.75 Å². The number of hydroxylamine groups is 1. The lowest BCUT2D eigenvalue weighted by Gasteiger charge is -2.36. The number of sulfonamides is 1. The molecule has 1 aromatic carbocycles. The Hall–Kier alpha value is -2.20. The van der Waals surface area contributed by atoms with E-state index >= 15 is 0 Å². The van der Waals surface area contributed by atoms with Crippen LogP contribution in [0.15, 0.2) is 53.6 Å². The van der Waals surface area contributed by atoms with Crippen molar-refractivity contribution in [1.82, 2.24) is 14.8 Å². The van der Waals surface area contributed by atoms with Crippen LogP contribution in [-0.4, -0.2) is 42.0 Å². The molecule has 0 aliphatic heterocycles. The molecule has 3 rings (SSSR count). The van der Waals surface area contributed by atoms with Gasteiger partial charge in [0.1, 0.15) is 11.8 Å². The van der Waals surface area contributed by atoms with Gasteiger partial charge in [-0.1, -0.05) is 25.3 Å². The highest BCUT2D eigenvalue weighted by molar-refractivity contribution is 7.89. The minimum Gasteiger partial charge on any atom is -0.497 e. The van der Waals surface area contributed by atoms with Crippen molar-refractivity contribution in [2.45, 2.75) is 49.6 Å². The van der Waals surface area contributed by atoms with Crippen LogP contribution < -0.4 is 10.2 Å². The number of benzene rings is 1. The van der Waals surface area contributed by atoms with Gasteiger partial charge in [0.15, 0.2) is 0 Å². The van der Waals surface area contributed by atoms with E-state index in [0.29, 0.717) is 11.4 Å². The molecule has 2 aromatic rings. The van der Waals surface area contributed by atoms with Crippen LogP contribution in [0.4, 0.5) is 0 Å². The molecule has 1 atom stereocenters. The molecule has 31 heavy (non-hydrogen) atoms. The first-order valence-corrected chi connectivity index (χ1v) is 11.4. The number of nitrogens with zero attached hydrogens (tertiary/aromatic N) is 2. The van der Waals surface area contributed by atoms with Gasteiger partial charge in [0.2, 0.25) is 10.0 Å². The number of aromatic nitrogens is 1. The van der Waals surface area contributed by atoms with Crippen molar-refractivity contribution in [3.63, 3.8) is 0 Å². The molecule has 0 radical (unpaired) electrons. The van der Waals surface area contributed by atoms with Crippen molar-refractivity contribution in [3.05, 3.63) is 54.4 Å². The van der Waals surface area contributed by atoms with E-state index in [9.17, 15) is 18.4 Å². The lowest BCUT2D eigenvalue weighted by atomic mass is 9.83. The van der Waals surface area contributed by atoms with Crippen molar-refractivity contribution in [2.75, 3.05) is 7.11 Å². The lowest BCUT2D eigenvalue weighted by Crippen LogP contribution is -2.52. The summed E-state index contributed by atoms with van der Waals surface area (Å²) in [5.74, 6) is -0.389. The zero-order chi connectivity index (χ0) is 21.6. The van der Waals surface area contributed by atoms with Gasteiger partial charge in [0, 0.05) is 6.20 Å². The zero-order valence-corrected chi connectivity index (χ0v) is 18.9. The molecule has 1 aliphatic rings. The maximum Gasteiger partial charge on any atom is 0.262 e. The number of hydrogen-bond donors (Lipinski definition) is 2. The third-order valence-corrected chi connectivity index (χ3v) is 7.34. The van der Waals surface area contributed by atoms with Crippen molar-refractivity contribution >= 4 is 28.3 Å². The Balaban J connectivity index is 0.00000341. The lowest BCUT2D eigenvalue weighted by molar-refractivity contribution is -0.135. The van der Waals surface area contributed by atoms with Crippen molar-refractivity contribution < 1.29 is 23.2 Å². The summed E-state index contributed by atoms with van der Waals surface area (Å²) in [6.07, 6.45) is 5.90. The highest BCUT2D eigenvalue weighted by Crippen LogP contribution is 2.33. The topological polar surface area (TPSA) is 109 Å². The summed E-state index contributed by atoms with van der Waals surface area (Å²) in [5, 5.41) is 9.40. The molecule has 1 amide bonds. The predicted octanol–water partition coefficient (Wildman–Crippen LogP) is 3.16. The van der Waals surface area contributed by atoms with Gasteiger partial charge >= 0.3 is 0 Å². The zero-order valence-electron chi connectivity index (χ0n) is 17.3. The smallest absolute Gasteiger partial charge is 0.262 e. The molecule has 1 fully saturated rings. The number of ether oxygens (including phenoxy) is 1. The number of rotatable bonds is 8. The highest BCUT2D eigenvalue weighted by atomic mass is 35.5. The van der Waals surface area contributed by atoms with Crippen LogP contribution in [0.1, 0.15) is 37.8 Å². The van der Waals surface area contributed by atoms with Crippen LogP contribution in [0, 0.1) is 5.92 Å². The Labute approximate surface area is 189 Å². The maximum absolute atomic E-state index is 13.6. The van der Waals surface area contributed by atoms with Gasteiger partial charge in [-0.05, 0) is 55.2 Å². The van der Waals surface area contributed by atoms with E-state index in [4.69, 9.17) is 4.74 Å². The average Bonchev–Trinajstić information content (AvgIpc) is 2.80. The van der Waals surface area contributed by atoms with Crippen LogP contribution in [0.2, 0.25) is 0 Å². The average molecular weight is 470 g/mol. The molecule has 2 N–H and O–H groups in total. The number of halogens is 1. The Bertz CT molecular complexity index is 935. The normalized spacial score (nSPS) is 15.7. The van der Waals surface area contributed by atoms with Crippen molar-refractivity contribution in [2.24, 2.45) is 5.92 Å². The fourth-order valence-electron chi connectivity index (χ4n) is 3.96. The third kappa shape index (κ3) is 5.94. The monoisotopic (exact) mass is 469 g/mol. The summed E-state index contributed by atoms with van der Waals surface area (Å²) in [6.45, 7) is -0.0796. The van der Waals surface area contributed by atoms with E-state index in [0.717, 1.165) is 32.1 Å². The molecule has 0 saturated heterocycles. The van der Waals surface area contributed by atoms with Gasteiger partial charge in [-0.2, -0.15) is 4.31 Å². The summed E-state index contributed by atoms with van der Waals surface area (Å²) in [5.41, 5.74) is 2.20. The second-order valence-corrected chi connectivity index (χ2v) is 9.26. The van der Waals surface area contributed by atoms with Crippen molar-refractivity contribution in [3.8, 4) is 5.75 Å². The molecule has 1 saturated carbocycles. The fourth-order valence-corrected chi connectivity index (χ4v) is 5.58. The number of hydrogen-bond acceptors (Lipinski definition) is 6. The number of nitrogens with one attached hydrogen (secondary N) is 1. The van der Waals surface area contributed by atoms with Crippen LogP contribution in [0.25, 0.3) is 0 Å². The van der Waals surface area contributed by atoms with Crippen molar-refractivity contribution in [1.29, 1.82) is 0 Å². The quantitative estimate of drug-likeness (QED) is 0.454. The summed E-state index contributed by atoms with van der Waals surface area (Å²) in [7, 11) is -2.56. The van der Waals surface area contributed by atoms with E-state index in [-0.39, 0.29) is 29.8 Å². The number of methoxy groups -OCH3 is 1.